The van der Waals surface area contributed by atoms with Crippen molar-refractivity contribution in [2.45, 2.75) is 6.92 Å². The molecule has 0 radical (unpaired) electrons. The van der Waals surface area contributed by atoms with Gasteiger partial charge in [0.1, 0.15) is 5.82 Å². The first-order valence-electron chi connectivity index (χ1n) is 8.79. The van der Waals surface area contributed by atoms with E-state index in [1.54, 1.807) is 17.5 Å². The van der Waals surface area contributed by atoms with E-state index < -0.39 is 0 Å². The summed E-state index contributed by atoms with van der Waals surface area (Å²) in [4.78, 5) is 20.7. The maximum atomic E-state index is 12.4. The summed E-state index contributed by atoms with van der Waals surface area (Å²) < 4.78 is 0. The topological polar surface area (TPSA) is 74.2 Å². The van der Waals surface area contributed by atoms with Crippen LogP contribution in [0, 0.1) is 6.92 Å². The minimum Gasteiger partial charge on any atom is -0.352 e. The molecule has 0 saturated carbocycles. The number of pyridine rings is 1. The quantitative estimate of drug-likeness (QED) is 0.750. The van der Waals surface area contributed by atoms with Crippen LogP contribution in [-0.4, -0.2) is 52.2 Å². The number of piperazine rings is 1. The maximum absolute atomic E-state index is 12.4. The molecule has 4 heterocycles. The first-order chi connectivity index (χ1) is 13.2. The number of aromatic nitrogens is 3. The Morgan fingerprint density at radius 3 is 2.59 bits per heavy atom. The van der Waals surface area contributed by atoms with Crippen molar-refractivity contribution in [1.29, 1.82) is 0 Å². The average molecular weight is 380 g/mol. The Kier molecular flexibility index (Phi) is 4.97. The van der Waals surface area contributed by atoms with Crippen LogP contribution >= 0.6 is 11.3 Å². The first-order valence-corrected chi connectivity index (χ1v) is 9.73. The molecule has 3 aromatic heterocycles. The minimum absolute atomic E-state index is 0.104. The summed E-state index contributed by atoms with van der Waals surface area (Å²) in [5.74, 6) is 2.33. The Balaban J connectivity index is 1.35. The lowest BCUT2D eigenvalue weighted by Gasteiger charge is -2.35. The molecule has 3 aromatic rings. The molecular weight excluding hydrogens is 360 g/mol. The van der Waals surface area contributed by atoms with Crippen molar-refractivity contribution < 1.29 is 4.79 Å². The third-order valence-electron chi connectivity index (χ3n) is 4.48. The second-order valence-electron chi connectivity index (χ2n) is 6.41. The molecule has 7 nitrogen and oxygen atoms in total. The van der Waals surface area contributed by atoms with Crippen LogP contribution in [0.3, 0.4) is 0 Å². The Bertz CT molecular complexity index is 904. The van der Waals surface area contributed by atoms with Gasteiger partial charge < -0.3 is 15.1 Å². The predicted molar refractivity (Wildman–Crippen MR) is 107 cm³/mol. The zero-order valence-electron chi connectivity index (χ0n) is 15.0. The van der Waals surface area contributed by atoms with Crippen molar-refractivity contribution in [2.75, 3.05) is 36.4 Å². The molecule has 0 atom stereocenters. The van der Waals surface area contributed by atoms with Gasteiger partial charge in [0.25, 0.3) is 5.91 Å². The molecule has 0 bridgehead atoms. The third-order valence-corrected chi connectivity index (χ3v) is 5.16. The second-order valence-corrected chi connectivity index (χ2v) is 7.19. The maximum Gasteiger partial charge on any atom is 0.254 e. The third kappa shape index (κ3) is 4.06. The number of carbonyl (C=O) groups is 1. The predicted octanol–water partition coefficient (Wildman–Crippen LogP) is 2.95. The number of amides is 1. The van der Waals surface area contributed by atoms with Crippen molar-refractivity contribution in [3.05, 3.63) is 58.4 Å². The fraction of sp³-hybridized carbons (Fsp3) is 0.263. The molecular formula is C19H20N6OS. The summed E-state index contributed by atoms with van der Waals surface area (Å²) in [7, 11) is 0. The van der Waals surface area contributed by atoms with Crippen molar-refractivity contribution in [2.24, 2.45) is 0 Å². The monoisotopic (exact) mass is 380 g/mol. The van der Waals surface area contributed by atoms with Gasteiger partial charge in [0.2, 0.25) is 0 Å². The summed E-state index contributed by atoms with van der Waals surface area (Å²) in [6, 6.07) is 9.62. The smallest absolute Gasteiger partial charge is 0.254 e. The van der Waals surface area contributed by atoms with Gasteiger partial charge in [-0.15, -0.1) is 10.2 Å². The first kappa shape index (κ1) is 17.4. The second kappa shape index (κ2) is 7.71. The summed E-state index contributed by atoms with van der Waals surface area (Å²) in [6.07, 6.45) is 1.76. The molecule has 1 aliphatic heterocycles. The van der Waals surface area contributed by atoms with E-state index in [4.69, 9.17) is 0 Å². The van der Waals surface area contributed by atoms with Crippen LogP contribution < -0.4 is 10.2 Å². The SMILES string of the molecule is Cc1ccnc(Nc2ccc(N3CCN(C(=O)c4ccsc4)CC3)nn2)c1. The van der Waals surface area contributed by atoms with Gasteiger partial charge in [0.05, 0.1) is 5.56 Å². The van der Waals surface area contributed by atoms with Gasteiger partial charge in [-0.3, -0.25) is 4.79 Å². The van der Waals surface area contributed by atoms with Crippen LogP contribution in [0.5, 0.6) is 0 Å². The number of rotatable bonds is 4. The average Bonchev–Trinajstić information content (AvgIpc) is 3.23. The van der Waals surface area contributed by atoms with Gasteiger partial charge in [-0.25, -0.2) is 4.98 Å². The fourth-order valence-electron chi connectivity index (χ4n) is 3.00. The molecule has 1 fully saturated rings. The summed E-state index contributed by atoms with van der Waals surface area (Å²) in [5, 5.41) is 15.6. The molecule has 0 spiro atoms. The number of hydrogen-bond donors (Lipinski definition) is 1. The number of anilines is 3. The van der Waals surface area contributed by atoms with Crippen LogP contribution in [0.15, 0.2) is 47.3 Å². The van der Waals surface area contributed by atoms with E-state index in [2.05, 4.69) is 25.4 Å². The van der Waals surface area contributed by atoms with Gasteiger partial charge in [-0.2, -0.15) is 11.3 Å². The van der Waals surface area contributed by atoms with E-state index in [-0.39, 0.29) is 5.91 Å². The molecule has 8 heteroatoms. The normalized spacial score (nSPS) is 14.3. The zero-order valence-corrected chi connectivity index (χ0v) is 15.8. The highest BCUT2D eigenvalue weighted by Crippen LogP contribution is 2.18. The lowest BCUT2D eigenvalue weighted by atomic mass is 10.2. The number of hydrogen-bond acceptors (Lipinski definition) is 7. The number of nitrogens with zero attached hydrogens (tertiary/aromatic N) is 5. The molecule has 0 aliphatic carbocycles. The summed E-state index contributed by atoms with van der Waals surface area (Å²) >= 11 is 1.55. The Labute approximate surface area is 161 Å². The molecule has 1 N–H and O–H groups in total. The molecule has 4 rings (SSSR count). The largest absolute Gasteiger partial charge is 0.352 e. The molecule has 1 aliphatic rings. The van der Waals surface area contributed by atoms with Crippen LogP contribution in [-0.2, 0) is 0 Å². The number of carbonyl (C=O) groups excluding carboxylic acids is 1. The zero-order chi connectivity index (χ0) is 18.6. The van der Waals surface area contributed by atoms with E-state index in [1.165, 1.54) is 0 Å². The number of aryl methyl sites for hydroxylation is 1. The van der Waals surface area contributed by atoms with Crippen LogP contribution in [0.2, 0.25) is 0 Å². The minimum atomic E-state index is 0.104. The Morgan fingerprint density at radius 2 is 1.93 bits per heavy atom. The molecule has 1 amide bonds. The van der Waals surface area contributed by atoms with E-state index in [0.717, 1.165) is 35.9 Å². The molecule has 1 saturated heterocycles. The Morgan fingerprint density at radius 1 is 1.07 bits per heavy atom. The standard InChI is InChI=1S/C19H20N6OS/c1-14-4-6-20-17(12-14)21-16-2-3-18(23-22-16)24-7-9-25(10-8-24)19(26)15-5-11-27-13-15/h2-6,11-13H,7-10H2,1H3,(H,20,21,22). The molecule has 0 aromatic carbocycles. The van der Waals surface area contributed by atoms with Crippen molar-refractivity contribution in [1.82, 2.24) is 20.1 Å². The Hall–Kier alpha value is -3.00. The van der Waals surface area contributed by atoms with Gasteiger partial charge in [0.15, 0.2) is 11.6 Å². The van der Waals surface area contributed by atoms with Crippen molar-refractivity contribution >= 4 is 34.7 Å². The van der Waals surface area contributed by atoms with E-state index >= 15 is 0 Å². The lowest BCUT2D eigenvalue weighted by Crippen LogP contribution is -2.49. The molecule has 0 unspecified atom stereocenters. The number of thiophene rings is 1. The highest BCUT2D eigenvalue weighted by Gasteiger charge is 2.23. The van der Waals surface area contributed by atoms with Crippen molar-refractivity contribution in [3.8, 4) is 0 Å². The van der Waals surface area contributed by atoms with Crippen LogP contribution in [0.25, 0.3) is 0 Å². The number of nitrogens with one attached hydrogen (secondary N) is 1. The van der Waals surface area contributed by atoms with E-state index in [0.29, 0.717) is 18.9 Å². The summed E-state index contributed by atoms with van der Waals surface area (Å²) in [5.41, 5.74) is 1.90. The summed E-state index contributed by atoms with van der Waals surface area (Å²) in [6.45, 7) is 4.88. The molecule has 138 valence electrons. The van der Waals surface area contributed by atoms with Gasteiger partial charge in [-0.05, 0) is 48.2 Å². The van der Waals surface area contributed by atoms with Crippen LogP contribution in [0.1, 0.15) is 15.9 Å². The van der Waals surface area contributed by atoms with Gasteiger partial charge >= 0.3 is 0 Å². The van der Waals surface area contributed by atoms with Gasteiger partial charge in [-0.1, -0.05) is 0 Å². The highest BCUT2D eigenvalue weighted by atomic mass is 32.1. The van der Waals surface area contributed by atoms with E-state index in [9.17, 15) is 4.79 Å². The van der Waals surface area contributed by atoms with Crippen LogP contribution in [0.4, 0.5) is 17.5 Å². The van der Waals surface area contributed by atoms with Crippen molar-refractivity contribution in [3.63, 3.8) is 0 Å². The lowest BCUT2D eigenvalue weighted by molar-refractivity contribution is 0.0747. The van der Waals surface area contributed by atoms with E-state index in [1.807, 2.05) is 52.9 Å². The van der Waals surface area contributed by atoms with Gasteiger partial charge in [0, 0.05) is 37.8 Å². The molecule has 27 heavy (non-hydrogen) atoms. The fourth-order valence-corrected chi connectivity index (χ4v) is 3.63. The highest BCUT2D eigenvalue weighted by molar-refractivity contribution is 7.08.